The molecule has 9 N–H and O–H groups in total. The number of rotatable bonds is 49. The molecule has 0 bridgehead atoms. The van der Waals surface area contributed by atoms with Gasteiger partial charge < -0.3 is 65.1 Å². The Morgan fingerprint density at radius 1 is 0.479 bits per heavy atom. The quantitative estimate of drug-likeness (QED) is 0.0204. The van der Waals surface area contributed by atoms with E-state index >= 15 is 0 Å². The van der Waals surface area contributed by atoms with E-state index in [1.54, 1.807) is 0 Å². The van der Waals surface area contributed by atoms with E-state index < -0.39 is 86.8 Å². The van der Waals surface area contributed by atoms with E-state index in [9.17, 15) is 45.6 Å². The smallest absolute Gasteiger partial charge is 0.220 e. The first-order valence-electron chi connectivity index (χ1n) is 30.4. The molecule has 12 unspecified atom stereocenters. The van der Waals surface area contributed by atoms with Crippen molar-refractivity contribution in [2.75, 3.05) is 19.8 Å². The maximum atomic E-state index is 13.3. The molecule has 0 aromatic rings. The van der Waals surface area contributed by atoms with Crippen LogP contribution in [0.5, 0.6) is 0 Å². The fraction of sp³-hybridized carbons (Fsp3) is 0.949. The summed E-state index contributed by atoms with van der Waals surface area (Å²) in [5.74, 6) is -0.205. The monoisotopic (exact) mass is 1040 g/mol. The van der Waals surface area contributed by atoms with Crippen molar-refractivity contribution in [3.63, 3.8) is 0 Å². The van der Waals surface area contributed by atoms with E-state index in [-0.39, 0.29) is 12.5 Å². The number of hydrogen-bond donors (Lipinski definition) is 9. The number of carbonyl (C=O) groups excluding carboxylic acids is 1. The van der Waals surface area contributed by atoms with Crippen molar-refractivity contribution in [2.24, 2.45) is 0 Å². The molecule has 14 nitrogen and oxygen atoms in total. The van der Waals surface area contributed by atoms with Gasteiger partial charge in [0.25, 0.3) is 0 Å². The Balaban J connectivity index is 1.75. The molecule has 73 heavy (non-hydrogen) atoms. The van der Waals surface area contributed by atoms with Crippen molar-refractivity contribution < 1.29 is 64.6 Å². The predicted molar refractivity (Wildman–Crippen MR) is 291 cm³/mol. The van der Waals surface area contributed by atoms with Gasteiger partial charge in [-0.25, -0.2) is 0 Å². The largest absolute Gasteiger partial charge is 0.394 e. The third-order valence-corrected chi connectivity index (χ3v) is 15.2. The summed E-state index contributed by atoms with van der Waals surface area (Å²) in [5, 5.41) is 87.3. The summed E-state index contributed by atoms with van der Waals surface area (Å²) in [5.41, 5.74) is 0. The standard InChI is InChI=1S/C59H113NO13/c1-3-5-7-9-11-13-15-17-19-21-23-25-26-28-30-32-34-36-38-40-42-48(63)47(60-51(64)43-41-39-37-35-33-31-29-27-24-22-20-18-16-14-12-10-8-6-4-2)46-70-58-56(69)54(67)57(50(45-62)72-58)73-59-55(68)53(66)52(65)49(44-61)71-59/h18,20,47-50,52-59,61-63,65-69H,3-17,19,21-46H2,1-2H3,(H,60,64)/b20-18-. The molecule has 0 aromatic heterocycles. The van der Waals surface area contributed by atoms with Crippen LogP contribution >= 0.6 is 0 Å². The predicted octanol–water partition coefficient (Wildman–Crippen LogP) is 10.3. The maximum absolute atomic E-state index is 13.3. The maximum Gasteiger partial charge on any atom is 0.220 e. The van der Waals surface area contributed by atoms with Gasteiger partial charge in [-0.05, 0) is 38.5 Å². The number of carbonyl (C=O) groups is 1. The summed E-state index contributed by atoms with van der Waals surface area (Å²) < 4.78 is 22.9. The molecule has 2 saturated heterocycles. The Morgan fingerprint density at radius 2 is 0.863 bits per heavy atom. The zero-order chi connectivity index (χ0) is 53.2. The molecule has 12 atom stereocenters. The van der Waals surface area contributed by atoms with Crippen LogP contribution in [0.4, 0.5) is 0 Å². The van der Waals surface area contributed by atoms with Gasteiger partial charge in [-0.1, -0.05) is 231 Å². The second kappa shape index (κ2) is 45.7. The summed E-state index contributed by atoms with van der Waals surface area (Å²) in [7, 11) is 0. The van der Waals surface area contributed by atoms with Crippen LogP contribution < -0.4 is 5.32 Å². The number of allylic oxidation sites excluding steroid dienone is 2. The first-order valence-corrected chi connectivity index (χ1v) is 30.4. The van der Waals surface area contributed by atoms with Crippen molar-refractivity contribution >= 4 is 5.91 Å². The molecule has 432 valence electrons. The first-order chi connectivity index (χ1) is 35.6. The molecule has 2 rings (SSSR count). The number of unbranched alkanes of at least 4 members (excludes halogenated alkanes) is 34. The van der Waals surface area contributed by atoms with Crippen molar-refractivity contribution in [3.8, 4) is 0 Å². The molecule has 0 aliphatic carbocycles. The van der Waals surface area contributed by atoms with Gasteiger partial charge in [-0.2, -0.15) is 0 Å². The van der Waals surface area contributed by atoms with Crippen molar-refractivity contribution in [1.29, 1.82) is 0 Å². The molecular formula is C59H113NO13. The summed E-state index contributed by atoms with van der Waals surface area (Å²) in [6, 6.07) is -0.827. The summed E-state index contributed by atoms with van der Waals surface area (Å²) in [4.78, 5) is 13.3. The Hall–Kier alpha value is -1.27. The molecule has 2 heterocycles. The van der Waals surface area contributed by atoms with Crippen LogP contribution in [0.2, 0.25) is 0 Å². The third-order valence-electron chi connectivity index (χ3n) is 15.2. The second-order valence-corrected chi connectivity index (χ2v) is 21.8. The van der Waals surface area contributed by atoms with E-state index in [2.05, 4.69) is 31.3 Å². The van der Waals surface area contributed by atoms with Gasteiger partial charge in [0.15, 0.2) is 12.6 Å². The number of nitrogens with one attached hydrogen (secondary N) is 1. The fourth-order valence-electron chi connectivity index (χ4n) is 10.3. The lowest BCUT2D eigenvalue weighted by atomic mass is 9.97. The Morgan fingerprint density at radius 3 is 1.30 bits per heavy atom. The molecule has 0 spiro atoms. The van der Waals surface area contributed by atoms with Gasteiger partial charge in [0.05, 0.1) is 32.0 Å². The van der Waals surface area contributed by atoms with E-state index in [0.29, 0.717) is 12.8 Å². The zero-order valence-electron chi connectivity index (χ0n) is 46.4. The number of aliphatic hydroxyl groups excluding tert-OH is 8. The molecule has 0 saturated carbocycles. The molecular weight excluding hydrogens is 931 g/mol. The van der Waals surface area contributed by atoms with Crippen LogP contribution in [0.15, 0.2) is 12.2 Å². The molecule has 2 aliphatic heterocycles. The summed E-state index contributed by atoms with van der Waals surface area (Å²) >= 11 is 0. The van der Waals surface area contributed by atoms with Gasteiger partial charge in [0, 0.05) is 6.42 Å². The first kappa shape index (κ1) is 67.8. The van der Waals surface area contributed by atoms with E-state index in [4.69, 9.17) is 18.9 Å². The summed E-state index contributed by atoms with van der Waals surface area (Å²) in [6.07, 6.45) is 34.9. The lowest BCUT2D eigenvalue weighted by molar-refractivity contribution is -0.359. The Bertz CT molecular complexity index is 1280. The number of ether oxygens (including phenoxy) is 4. The van der Waals surface area contributed by atoms with Gasteiger partial charge in [0.2, 0.25) is 5.91 Å². The number of amides is 1. The molecule has 2 fully saturated rings. The highest BCUT2D eigenvalue weighted by molar-refractivity contribution is 5.76. The minimum Gasteiger partial charge on any atom is -0.394 e. The number of aliphatic hydroxyl groups is 8. The third kappa shape index (κ3) is 31.7. The SMILES string of the molecule is CCCCCCCC/C=C\CCCCCCCCCCCC(=O)NC(COC1OC(CO)C(OC2OC(CO)C(O)C(O)C2O)C(O)C1O)C(O)CCCCCCCCCCCCCCCCCCCCCC. The molecule has 0 radical (unpaired) electrons. The van der Waals surface area contributed by atoms with Crippen molar-refractivity contribution in [2.45, 2.75) is 338 Å². The van der Waals surface area contributed by atoms with E-state index in [0.717, 1.165) is 51.4 Å². The topological polar surface area (TPSA) is 228 Å². The molecule has 0 aromatic carbocycles. The average Bonchev–Trinajstić information content (AvgIpc) is 3.39. The molecule has 1 amide bonds. The van der Waals surface area contributed by atoms with Crippen molar-refractivity contribution in [1.82, 2.24) is 5.32 Å². The molecule has 14 heteroatoms. The van der Waals surface area contributed by atoms with Crippen LogP contribution in [0, 0.1) is 0 Å². The van der Waals surface area contributed by atoms with Crippen LogP contribution in [-0.4, -0.2) is 140 Å². The van der Waals surface area contributed by atoms with Crippen LogP contribution in [0.3, 0.4) is 0 Å². The highest BCUT2D eigenvalue weighted by Crippen LogP contribution is 2.30. The number of hydrogen-bond acceptors (Lipinski definition) is 13. The zero-order valence-corrected chi connectivity index (χ0v) is 46.4. The van der Waals surface area contributed by atoms with Crippen LogP contribution in [-0.2, 0) is 23.7 Å². The van der Waals surface area contributed by atoms with E-state index in [1.807, 2.05) is 0 Å². The Kier molecular flexibility index (Phi) is 42.5. The van der Waals surface area contributed by atoms with Crippen molar-refractivity contribution in [3.05, 3.63) is 12.2 Å². The van der Waals surface area contributed by atoms with Crippen LogP contribution in [0.1, 0.15) is 264 Å². The fourth-order valence-corrected chi connectivity index (χ4v) is 10.3. The minimum atomic E-state index is -1.78. The lowest BCUT2D eigenvalue weighted by Gasteiger charge is -2.46. The second-order valence-electron chi connectivity index (χ2n) is 21.8. The van der Waals surface area contributed by atoms with Crippen LogP contribution in [0.25, 0.3) is 0 Å². The average molecular weight is 1040 g/mol. The Labute approximate surface area is 444 Å². The minimum absolute atomic E-state index is 0.205. The normalized spacial score (nSPS) is 25.4. The van der Waals surface area contributed by atoms with Gasteiger partial charge in [-0.3, -0.25) is 4.79 Å². The van der Waals surface area contributed by atoms with Gasteiger partial charge in [-0.15, -0.1) is 0 Å². The summed E-state index contributed by atoms with van der Waals surface area (Å²) in [6.45, 7) is 2.89. The van der Waals surface area contributed by atoms with Gasteiger partial charge in [0.1, 0.15) is 48.8 Å². The lowest BCUT2D eigenvalue weighted by Crippen LogP contribution is -2.65. The molecule has 2 aliphatic rings. The van der Waals surface area contributed by atoms with Gasteiger partial charge >= 0.3 is 0 Å². The highest BCUT2D eigenvalue weighted by Gasteiger charge is 2.51. The highest BCUT2D eigenvalue weighted by atomic mass is 16.7. The van der Waals surface area contributed by atoms with E-state index in [1.165, 1.54) is 186 Å².